The van der Waals surface area contributed by atoms with Crippen molar-refractivity contribution in [1.29, 1.82) is 0 Å². The predicted molar refractivity (Wildman–Crippen MR) is 81.4 cm³/mol. The van der Waals surface area contributed by atoms with Gasteiger partial charge in [0.15, 0.2) is 0 Å². The van der Waals surface area contributed by atoms with E-state index in [9.17, 15) is 0 Å². The van der Waals surface area contributed by atoms with Gasteiger partial charge in [-0.3, -0.25) is 0 Å². The molecule has 3 aromatic rings. The van der Waals surface area contributed by atoms with Crippen LogP contribution < -0.4 is 11.1 Å². The summed E-state index contributed by atoms with van der Waals surface area (Å²) in [7, 11) is 0. The molecule has 6 heteroatoms. The monoisotopic (exact) mass is 288 g/mol. The van der Waals surface area contributed by atoms with Crippen molar-refractivity contribution in [2.75, 3.05) is 11.1 Å². The largest absolute Gasteiger partial charge is 0.382 e. The maximum absolute atomic E-state index is 5.97. The Morgan fingerprint density at radius 2 is 2.05 bits per heavy atom. The average molecular weight is 288 g/mol. The Bertz CT molecular complexity index is 647. The molecule has 2 aromatic heterocycles. The lowest BCUT2D eigenvalue weighted by Crippen LogP contribution is -1.99. The molecule has 0 aliphatic rings. The molecule has 0 fully saturated rings. The number of nitrogens with one attached hydrogen (secondary N) is 1. The van der Waals surface area contributed by atoms with Gasteiger partial charge < -0.3 is 11.1 Å². The molecule has 2 heterocycles. The molecule has 0 unspecified atom stereocenters. The van der Waals surface area contributed by atoms with Gasteiger partial charge >= 0.3 is 0 Å². The Morgan fingerprint density at radius 1 is 1.21 bits per heavy atom. The zero-order valence-corrected chi connectivity index (χ0v) is 11.7. The van der Waals surface area contributed by atoms with E-state index in [-0.39, 0.29) is 0 Å². The fraction of sp³-hybridized carbons (Fsp3) is 0.0769. The quantitative estimate of drug-likeness (QED) is 0.771. The lowest BCUT2D eigenvalue weighted by molar-refractivity contribution is 1.08. The average Bonchev–Trinajstić information content (AvgIpc) is 3.07. The minimum absolute atomic E-state index is 0.567. The van der Waals surface area contributed by atoms with Crippen molar-refractivity contribution in [2.45, 2.75) is 6.54 Å². The first-order chi connectivity index (χ1) is 9.34. The zero-order chi connectivity index (χ0) is 13.1. The van der Waals surface area contributed by atoms with Gasteiger partial charge in [-0.05, 0) is 17.1 Å². The summed E-state index contributed by atoms with van der Waals surface area (Å²) in [5.74, 6) is 0.567. The highest BCUT2D eigenvalue weighted by Crippen LogP contribution is 2.36. The molecule has 0 saturated heterocycles. The van der Waals surface area contributed by atoms with Crippen molar-refractivity contribution < 1.29 is 0 Å². The van der Waals surface area contributed by atoms with Gasteiger partial charge in [-0.15, -0.1) is 11.3 Å². The van der Waals surface area contributed by atoms with E-state index in [1.165, 1.54) is 11.5 Å². The van der Waals surface area contributed by atoms with Gasteiger partial charge in [0, 0.05) is 5.38 Å². The number of hydrogen-bond acceptors (Lipinski definition) is 6. The molecule has 0 atom stereocenters. The van der Waals surface area contributed by atoms with Crippen LogP contribution >= 0.6 is 22.9 Å². The maximum Gasteiger partial charge on any atom is 0.147 e. The smallest absolute Gasteiger partial charge is 0.147 e. The van der Waals surface area contributed by atoms with E-state index in [4.69, 9.17) is 5.73 Å². The van der Waals surface area contributed by atoms with Crippen LogP contribution in [0, 0.1) is 0 Å². The molecular weight excluding hydrogens is 276 g/mol. The van der Waals surface area contributed by atoms with Crippen molar-refractivity contribution in [3.05, 3.63) is 46.9 Å². The van der Waals surface area contributed by atoms with E-state index in [0.717, 1.165) is 21.8 Å². The molecule has 3 rings (SSSR count). The molecule has 4 nitrogen and oxygen atoms in total. The minimum atomic E-state index is 0.567. The van der Waals surface area contributed by atoms with Crippen LogP contribution in [0.3, 0.4) is 0 Å². The Morgan fingerprint density at radius 3 is 2.79 bits per heavy atom. The van der Waals surface area contributed by atoms with Gasteiger partial charge in [-0.25, -0.2) is 4.98 Å². The third-order valence-electron chi connectivity index (χ3n) is 2.69. The van der Waals surface area contributed by atoms with Gasteiger partial charge in [0.1, 0.15) is 10.8 Å². The number of aromatic nitrogens is 2. The van der Waals surface area contributed by atoms with E-state index < -0.39 is 0 Å². The Kier molecular flexibility index (Phi) is 3.43. The van der Waals surface area contributed by atoms with E-state index in [2.05, 4.69) is 14.7 Å². The van der Waals surface area contributed by atoms with Gasteiger partial charge in [-0.2, -0.15) is 4.37 Å². The summed E-state index contributed by atoms with van der Waals surface area (Å²) in [5, 5.41) is 6.37. The fourth-order valence-electron chi connectivity index (χ4n) is 1.80. The summed E-state index contributed by atoms with van der Waals surface area (Å²) in [6.45, 7) is 0.685. The zero-order valence-electron chi connectivity index (χ0n) is 10.0. The van der Waals surface area contributed by atoms with Crippen LogP contribution in [-0.4, -0.2) is 9.36 Å². The van der Waals surface area contributed by atoms with E-state index in [0.29, 0.717) is 12.4 Å². The molecule has 1 aromatic carbocycles. The van der Waals surface area contributed by atoms with E-state index in [1.54, 1.807) is 11.3 Å². The lowest BCUT2D eigenvalue weighted by atomic mass is 10.1. The third kappa shape index (κ3) is 2.59. The number of nitrogens with two attached hydrogens (primary N) is 1. The van der Waals surface area contributed by atoms with E-state index in [1.807, 2.05) is 41.2 Å². The third-order valence-corrected chi connectivity index (χ3v) is 4.15. The summed E-state index contributed by atoms with van der Waals surface area (Å²) in [6.07, 6.45) is 0. The molecule has 0 amide bonds. The van der Waals surface area contributed by atoms with E-state index >= 15 is 0 Å². The van der Waals surface area contributed by atoms with Crippen molar-refractivity contribution in [3.63, 3.8) is 0 Å². The standard InChI is InChI=1S/C13H12N4S2/c14-12-11(9-4-2-1-3-5-9)13(19-17-12)15-6-10-7-18-8-16-10/h1-5,7-8,15H,6H2,(H2,14,17). The van der Waals surface area contributed by atoms with Crippen LogP contribution in [0.2, 0.25) is 0 Å². The second-order valence-electron chi connectivity index (χ2n) is 3.97. The van der Waals surface area contributed by atoms with Gasteiger partial charge in [-0.1, -0.05) is 30.3 Å². The number of benzene rings is 1. The summed E-state index contributed by atoms with van der Waals surface area (Å²) in [6, 6.07) is 10.1. The van der Waals surface area contributed by atoms with Gasteiger partial charge in [0.25, 0.3) is 0 Å². The summed E-state index contributed by atoms with van der Waals surface area (Å²) in [5.41, 5.74) is 10.9. The number of nitrogen functional groups attached to an aromatic ring is 1. The van der Waals surface area contributed by atoms with Crippen LogP contribution in [0.25, 0.3) is 11.1 Å². The van der Waals surface area contributed by atoms with Crippen LogP contribution in [0.4, 0.5) is 10.8 Å². The first-order valence-corrected chi connectivity index (χ1v) is 7.47. The SMILES string of the molecule is Nc1nsc(NCc2cscn2)c1-c1ccccc1. The number of hydrogen-bond donors (Lipinski definition) is 2. The Labute approximate surface area is 119 Å². The maximum atomic E-state index is 5.97. The molecule has 19 heavy (non-hydrogen) atoms. The molecular formula is C13H12N4S2. The highest BCUT2D eigenvalue weighted by Gasteiger charge is 2.13. The molecule has 0 saturated carbocycles. The van der Waals surface area contributed by atoms with Crippen LogP contribution in [-0.2, 0) is 6.54 Å². The van der Waals surface area contributed by atoms with Gasteiger partial charge in [0.05, 0.1) is 23.3 Å². The molecule has 0 radical (unpaired) electrons. The second-order valence-corrected chi connectivity index (χ2v) is 5.46. The first kappa shape index (κ1) is 12.1. The Balaban J connectivity index is 1.87. The van der Waals surface area contributed by atoms with Crippen LogP contribution in [0.15, 0.2) is 41.2 Å². The topological polar surface area (TPSA) is 63.8 Å². The van der Waals surface area contributed by atoms with Crippen molar-refractivity contribution in [3.8, 4) is 11.1 Å². The molecule has 0 aliphatic heterocycles. The van der Waals surface area contributed by atoms with Crippen LogP contribution in [0.1, 0.15) is 5.69 Å². The lowest BCUT2D eigenvalue weighted by Gasteiger charge is -2.06. The summed E-state index contributed by atoms with van der Waals surface area (Å²) >= 11 is 2.97. The fourth-order valence-corrected chi connectivity index (χ4v) is 3.09. The number of nitrogens with zero attached hydrogens (tertiary/aromatic N) is 2. The highest BCUT2D eigenvalue weighted by molar-refractivity contribution is 7.11. The molecule has 0 bridgehead atoms. The van der Waals surface area contributed by atoms with Crippen LogP contribution in [0.5, 0.6) is 0 Å². The van der Waals surface area contributed by atoms with Crippen molar-refractivity contribution in [2.24, 2.45) is 0 Å². The summed E-state index contributed by atoms with van der Waals surface area (Å²) < 4.78 is 4.23. The van der Waals surface area contributed by atoms with Crippen molar-refractivity contribution >= 4 is 33.7 Å². The normalized spacial score (nSPS) is 10.5. The molecule has 3 N–H and O–H groups in total. The summed E-state index contributed by atoms with van der Waals surface area (Å²) in [4.78, 5) is 4.25. The molecule has 96 valence electrons. The second kappa shape index (κ2) is 5.38. The number of rotatable bonds is 4. The minimum Gasteiger partial charge on any atom is -0.382 e. The number of thiazole rings is 1. The molecule has 0 spiro atoms. The number of anilines is 2. The first-order valence-electron chi connectivity index (χ1n) is 5.76. The van der Waals surface area contributed by atoms with Gasteiger partial charge in [0.2, 0.25) is 0 Å². The molecule has 0 aliphatic carbocycles. The van der Waals surface area contributed by atoms with Crippen molar-refractivity contribution in [1.82, 2.24) is 9.36 Å². The highest BCUT2D eigenvalue weighted by atomic mass is 32.1. The predicted octanol–water partition coefficient (Wildman–Crippen LogP) is 3.46. The Hall–Kier alpha value is -1.92.